The average molecular weight is 468 g/mol. The minimum atomic E-state index is -0.305. The van der Waals surface area contributed by atoms with E-state index in [1.54, 1.807) is 35.6 Å². The number of halogens is 1. The highest BCUT2D eigenvalue weighted by Crippen LogP contribution is 2.24. The molecule has 2 amide bonds. The molecule has 6 nitrogen and oxygen atoms in total. The molecule has 1 fully saturated rings. The molecule has 0 saturated heterocycles. The zero-order valence-electron chi connectivity index (χ0n) is 17.4. The van der Waals surface area contributed by atoms with Gasteiger partial charge in [-0.1, -0.05) is 23.7 Å². The number of hydrogen-bond acceptors (Lipinski definition) is 5. The molecule has 0 bridgehead atoms. The van der Waals surface area contributed by atoms with Crippen LogP contribution >= 0.6 is 22.9 Å². The van der Waals surface area contributed by atoms with E-state index < -0.39 is 0 Å². The first kappa shape index (κ1) is 22.0. The van der Waals surface area contributed by atoms with E-state index >= 15 is 0 Å². The fourth-order valence-corrected chi connectivity index (χ4v) is 3.83. The first-order valence-corrected chi connectivity index (χ1v) is 11.5. The number of amides is 2. The third kappa shape index (κ3) is 6.18. The van der Waals surface area contributed by atoms with Crippen molar-refractivity contribution in [2.75, 3.05) is 5.32 Å². The van der Waals surface area contributed by atoms with Crippen molar-refractivity contribution in [3.63, 3.8) is 0 Å². The summed E-state index contributed by atoms with van der Waals surface area (Å²) in [5.41, 5.74) is 2.64. The van der Waals surface area contributed by atoms with Gasteiger partial charge in [-0.2, -0.15) is 0 Å². The van der Waals surface area contributed by atoms with Gasteiger partial charge < -0.3 is 15.4 Å². The number of rotatable bonds is 8. The lowest BCUT2D eigenvalue weighted by atomic mass is 10.2. The SMILES string of the molecule is Cc1nc(COc2cccc(C=CC(=O)Nc3ccc(C(=O)NC4CC4)c(Cl)c3)c2)cs1. The molecule has 0 aliphatic heterocycles. The second kappa shape index (κ2) is 9.97. The molecule has 1 aromatic heterocycles. The van der Waals surface area contributed by atoms with Crippen molar-refractivity contribution in [3.8, 4) is 5.75 Å². The molecule has 8 heteroatoms. The minimum Gasteiger partial charge on any atom is -0.487 e. The van der Waals surface area contributed by atoms with Crippen molar-refractivity contribution in [1.29, 1.82) is 0 Å². The molecule has 1 saturated carbocycles. The topological polar surface area (TPSA) is 80.3 Å². The van der Waals surface area contributed by atoms with Gasteiger partial charge >= 0.3 is 0 Å². The second-order valence-electron chi connectivity index (χ2n) is 7.48. The molecular weight excluding hydrogens is 446 g/mol. The normalized spacial score (nSPS) is 13.2. The zero-order chi connectivity index (χ0) is 22.5. The van der Waals surface area contributed by atoms with E-state index in [1.165, 1.54) is 6.08 Å². The van der Waals surface area contributed by atoms with Crippen LogP contribution in [0.1, 0.15) is 39.5 Å². The minimum absolute atomic E-state index is 0.192. The predicted octanol–water partition coefficient (Wildman–Crippen LogP) is 5.23. The number of carbonyl (C=O) groups excluding carboxylic acids is 2. The number of anilines is 1. The maximum absolute atomic E-state index is 12.3. The molecule has 1 aliphatic rings. The van der Waals surface area contributed by atoms with Crippen molar-refractivity contribution in [2.45, 2.75) is 32.4 Å². The van der Waals surface area contributed by atoms with Crippen LogP contribution in [-0.4, -0.2) is 22.8 Å². The largest absolute Gasteiger partial charge is 0.487 e. The Balaban J connectivity index is 1.33. The summed E-state index contributed by atoms with van der Waals surface area (Å²) in [6.07, 6.45) is 5.15. The summed E-state index contributed by atoms with van der Waals surface area (Å²) < 4.78 is 5.78. The number of benzene rings is 2. The van der Waals surface area contributed by atoms with Crippen LogP contribution in [0.4, 0.5) is 5.69 Å². The summed E-state index contributed by atoms with van der Waals surface area (Å²) in [5, 5.41) is 8.93. The van der Waals surface area contributed by atoms with E-state index in [9.17, 15) is 9.59 Å². The van der Waals surface area contributed by atoms with E-state index in [4.69, 9.17) is 16.3 Å². The first-order chi connectivity index (χ1) is 15.5. The number of carbonyl (C=O) groups is 2. The van der Waals surface area contributed by atoms with Crippen LogP contribution in [0.2, 0.25) is 5.02 Å². The fourth-order valence-electron chi connectivity index (χ4n) is 2.96. The van der Waals surface area contributed by atoms with Crippen LogP contribution in [0.15, 0.2) is 53.9 Å². The quantitative estimate of drug-likeness (QED) is 0.444. The Hall–Kier alpha value is -3.16. The van der Waals surface area contributed by atoms with Gasteiger partial charge in [0.05, 0.1) is 21.3 Å². The van der Waals surface area contributed by atoms with Crippen molar-refractivity contribution >= 4 is 46.5 Å². The molecule has 0 spiro atoms. The Morgan fingerprint density at radius 2 is 2.09 bits per heavy atom. The predicted molar refractivity (Wildman–Crippen MR) is 127 cm³/mol. The summed E-state index contributed by atoms with van der Waals surface area (Å²) in [6, 6.07) is 12.6. The van der Waals surface area contributed by atoms with Gasteiger partial charge in [0.25, 0.3) is 5.91 Å². The molecule has 164 valence electrons. The fraction of sp³-hybridized carbons (Fsp3) is 0.208. The standard InChI is InChI=1S/C24H22ClN3O3S/c1-15-26-19(14-32-15)13-31-20-4-2-3-16(11-20)5-10-23(29)27-18-8-9-21(22(25)12-18)24(30)28-17-6-7-17/h2-5,8-12,14,17H,6-7,13H2,1H3,(H,27,29)(H,28,30). The average Bonchev–Trinajstić information content (AvgIpc) is 3.48. The molecule has 1 aliphatic carbocycles. The van der Waals surface area contributed by atoms with Gasteiger partial charge in [-0.05, 0) is 61.7 Å². The lowest BCUT2D eigenvalue weighted by Crippen LogP contribution is -2.25. The summed E-state index contributed by atoms with van der Waals surface area (Å²) in [7, 11) is 0. The van der Waals surface area contributed by atoms with Crippen LogP contribution < -0.4 is 15.4 Å². The highest BCUT2D eigenvalue weighted by molar-refractivity contribution is 7.09. The molecule has 0 atom stereocenters. The number of nitrogens with zero attached hydrogens (tertiary/aromatic N) is 1. The molecule has 2 aromatic carbocycles. The molecule has 0 unspecified atom stereocenters. The number of ether oxygens (including phenoxy) is 1. The molecule has 32 heavy (non-hydrogen) atoms. The number of aromatic nitrogens is 1. The van der Waals surface area contributed by atoms with Crippen LogP contribution in [-0.2, 0) is 11.4 Å². The molecule has 1 heterocycles. The number of aryl methyl sites for hydroxylation is 1. The maximum Gasteiger partial charge on any atom is 0.253 e. The van der Waals surface area contributed by atoms with Crippen molar-refractivity contribution in [3.05, 3.63) is 80.8 Å². The molecule has 4 rings (SSSR count). The van der Waals surface area contributed by atoms with Crippen molar-refractivity contribution in [1.82, 2.24) is 10.3 Å². The summed E-state index contributed by atoms with van der Waals surface area (Å²) in [5.74, 6) is 0.202. The molecule has 2 N–H and O–H groups in total. The van der Waals surface area contributed by atoms with Crippen molar-refractivity contribution in [2.24, 2.45) is 0 Å². The van der Waals surface area contributed by atoms with E-state index in [1.807, 2.05) is 36.6 Å². The summed E-state index contributed by atoms with van der Waals surface area (Å²) in [6.45, 7) is 2.35. The van der Waals surface area contributed by atoms with Gasteiger partial charge in [0.15, 0.2) is 0 Å². The van der Waals surface area contributed by atoms with Gasteiger partial charge in [0.1, 0.15) is 12.4 Å². The third-order valence-corrected chi connectivity index (χ3v) is 5.87. The number of nitrogens with one attached hydrogen (secondary N) is 2. The lowest BCUT2D eigenvalue weighted by Gasteiger charge is -2.08. The Morgan fingerprint density at radius 3 is 2.81 bits per heavy atom. The Morgan fingerprint density at radius 1 is 1.25 bits per heavy atom. The Kier molecular flexibility index (Phi) is 6.87. The number of thiazole rings is 1. The van der Waals surface area contributed by atoms with Crippen LogP contribution in [0.25, 0.3) is 6.08 Å². The lowest BCUT2D eigenvalue weighted by molar-refractivity contribution is -0.111. The first-order valence-electron chi connectivity index (χ1n) is 10.2. The van der Waals surface area contributed by atoms with Crippen molar-refractivity contribution < 1.29 is 14.3 Å². The van der Waals surface area contributed by atoms with E-state index in [-0.39, 0.29) is 17.9 Å². The van der Waals surface area contributed by atoms with Gasteiger partial charge in [-0.15, -0.1) is 11.3 Å². The summed E-state index contributed by atoms with van der Waals surface area (Å²) >= 11 is 7.82. The molecule has 0 radical (unpaired) electrons. The third-order valence-electron chi connectivity index (χ3n) is 4.73. The highest BCUT2D eigenvalue weighted by Gasteiger charge is 2.24. The Bertz CT molecular complexity index is 1170. The monoisotopic (exact) mass is 467 g/mol. The smallest absolute Gasteiger partial charge is 0.253 e. The van der Waals surface area contributed by atoms with E-state index in [0.29, 0.717) is 28.6 Å². The second-order valence-corrected chi connectivity index (χ2v) is 8.95. The highest BCUT2D eigenvalue weighted by atomic mass is 35.5. The van der Waals surface area contributed by atoms with Gasteiger partial charge in [0, 0.05) is 23.2 Å². The van der Waals surface area contributed by atoms with Gasteiger partial charge in [0.2, 0.25) is 5.91 Å². The van der Waals surface area contributed by atoms with E-state index in [0.717, 1.165) is 29.1 Å². The van der Waals surface area contributed by atoms with Crippen LogP contribution in [0, 0.1) is 6.92 Å². The van der Waals surface area contributed by atoms with Crippen LogP contribution in [0.3, 0.4) is 0 Å². The molecular formula is C24H22ClN3O3S. The Labute approximate surface area is 195 Å². The molecule has 3 aromatic rings. The van der Waals surface area contributed by atoms with Gasteiger partial charge in [-0.3, -0.25) is 9.59 Å². The zero-order valence-corrected chi connectivity index (χ0v) is 19.0. The van der Waals surface area contributed by atoms with Gasteiger partial charge in [-0.25, -0.2) is 4.98 Å². The number of hydrogen-bond donors (Lipinski definition) is 2. The maximum atomic E-state index is 12.3. The van der Waals surface area contributed by atoms with E-state index in [2.05, 4.69) is 15.6 Å². The van der Waals surface area contributed by atoms with Crippen LogP contribution in [0.5, 0.6) is 5.75 Å². The summed E-state index contributed by atoms with van der Waals surface area (Å²) in [4.78, 5) is 28.8.